The van der Waals surface area contributed by atoms with Gasteiger partial charge in [0.25, 0.3) is 10.0 Å². The molecule has 0 unspecified atom stereocenters. The average Bonchev–Trinajstić information content (AvgIpc) is 2.65. The van der Waals surface area contributed by atoms with Gasteiger partial charge in [-0.25, -0.2) is 18.2 Å². The second kappa shape index (κ2) is 4.23. The van der Waals surface area contributed by atoms with Crippen molar-refractivity contribution in [1.82, 2.24) is 9.45 Å². The molecule has 1 rings (SSSR count). The highest BCUT2D eigenvalue weighted by molar-refractivity contribution is 7.91. The number of nitrogens with zero attached hydrogens (tertiary/aromatic N) is 2. The molecule has 0 bridgehead atoms. The minimum absolute atomic E-state index is 0.348. The fourth-order valence-electron chi connectivity index (χ4n) is 0.776. The van der Waals surface area contributed by atoms with Crippen molar-refractivity contribution < 1.29 is 23.2 Å². The fraction of sp³-hybridized carbons (Fsp3) is 0.333. The third-order valence-corrected chi connectivity index (χ3v) is 4.59. The lowest BCUT2D eigenvalue weighted by Gasteiger charge is -2.12. The van der Waals surface area contributed by atoms with Gasteiger partial charge in [-0.15, -0.1) is 11.3 Å². The number of aromatic nitrogens is 1. The molecule has 0 amide bonds. The van der Waals surface area contributed by atoms with Crippen molar-refractivity contribution in [2.75, 3.05) is 14.2 Å². The molecule has 84 valence electrons. The predicted molar refractivity (Wildman–Crippen MR) is 51.0 cm³/mol. The van der Waals surface area contributed by atoms with Crippen LogP contribution in [0.2, 0.25) is 0 Å². The first-order valence-corrected chi connectivity index (χ1v) is 5.93. The summed E-state index contributed by atoms with van der Waals surface area (Å²) in [5.74, 6) is -1.39. The Labute approximate surface area is 89.9 Å². The summed E-state index contributed by atoms with van der Waals surface area (Å²) in [5.41, 5.74) is 0.656. The van der Waals surface area contributed by atoms with E-state index in [1.54, 1.807) is 0 Å². The molecule has 9 heteroatoms. The molecule has 0 aliphatic carbocycles. The van der Waals surface area contributed by atoms with E-state index in [9.17, 15) is 13.2 Å². The fourth-order valence-corrected chi connectivity index (χ4v) is 3.03. The summed E-state index contributed by atoms with van der Waals surface area (Å²) < 4.78 is 23.5. The van der Waals surface area contributed by atoms with Crippen LogP contribution in [0.3, 0.4) is 0 Å². The van der Waals surface area contributed by atoms with Gasteiger partial charge in [-0.05, 0) is 0 Å². The third kappa shape index (κ3) is 2.15. The zero-order valence-electron chi connectivity index (χ0n) is 7.87. The van der Waals surface area contributed by atoms with Crippen molar-refractivity contribution >= 4 is 27.3 Å². The molecule has 7 nitrogen and oxygen atoms in total. The standard InChI is InChI=1S/C6H8N2O5S2/c1-8(13-2)15(11,12)6-4(5(9)10)7-3-14-6/h3H,1-2H3,(H,9,10). The lowest BCUT2D eigenvalue weighted by Crippen LogP contribution is -2.26. The van der Waals surface area contributed by atoms with Gasteiger partial charge in [0.2, 0.25) is 0 Å². The van der Waals surface area contributed by atoms with E-state index < -0.39 is 21.7 Å². The maximum atomic E-state index is 11.7. The summed E-state index contributed by atoms with van der Waals surface area (Å²) in [7, 11) is -1.60. The molecule has 0 saturated heterocycles. The van der Waals surface area contributed by atoms with Crippen LogP contribution in [0.1, 0.15) is 10.5 Å². The Morgan fingerprint density at radius 1 is 1.67 bits per heavy atom. The van der Waals surface area contributed by atoms with Gasteiger partial charge in [0, 0.05) is 7.05 Å². The molecule has 0 aliphatic heterocycles. The lowest BCUT2D eigenvalue weighted by atomic mass is 10.5. The number of sulfonamides is 1. The first kappa shape index (κ1) is 12.0. The van der Waals surface area contributed by atoms with Gasteiger partial charge in [-0.2, -0.15) is 0 Å². The van der Waals surface area contributed by atoms with Crippen LogP contribution in [-0.4, -0.2) is 43.1 Å². The van der Waals surface area contributed by atoms with Gasteiger partial charge in [0.1, 0.15) is 0 Å². The Morgan fingerprint density at radius 3 is 2.73 bits per heavy atom. The van der Waals surface area contributed by atoms with Crippen molar-refractivity contribution in [3.05, 3.63) is 11.2 Å². The zero-order valence-corrected chi connectivity index (χ0v) is 9.50. The van der Waals surface area contributed by atoms with Crippen molar-refractivity contribution in [3.63, 3.8) is 0 Å². The molecule has 15 heavy (non-hydrogen) atoms. The van der Waals surface area contributed by atoms with Crippen LogP contribution in [0.4, 0.5) is 0 Å². The van der Waals surface area contributed by atoms with Gasteiger partial charge >= 0.3 is 5.97 Å². The topological polar surface area (TPSA) is 96.8 Å². The molecule has 0 aliphatic rings. The summed E-state index contributed by atoms with van der Waals surface area (Å²) in [6.07, 6.45) is 0. The van der Waals surface area contributed by atoms with Crippen LogP contribution >= 0.6 is 11.3 Å². The SMILES string of the molecule is CON(C)S(=O)(=O)c1scnc1C(=O)O. The van der Waals surface area contributed by atoms with Crippen LogP contribution in [-0.2, 0) is 14.9 Å². The van der Waals surface area contributed by atoms with Crippen LogP contribution in [0.15, 0.2) is 9.72 Å². The van der Waals surface area contributed by atoms with E-state index in [1.165, 1.54) is 14.2 Å². The molecule has 0 aromatic carbocycles. The predicted octanol–water partition coefficient (Wildman–Crippen LogP) is 0.0232. The molecule has 1 aromatic heterocycles. The summed E-state index contributed by atoms with van der Waals surface area (Å²) in [5, 5.41) is 8.69. The lowest BCUT2D eigenvalue weighted by molar-refractivity contribution is -0.0257. The van der Waals surface area contributed by atoms with Crippen molar-refractivity contribution in [3.8, 4) is 0 Å². The maximum absolute atomic E-state index is 11.7. The van der Waals surface area contributed by atoms with Crippen LogP contribution in [0.5, 0.6) is 0 Å². The number of aromatic carboxylic acids is 1. The summed E-state index contributed by atoms with van der Waals surface area (Å²) in [4.78, 5) is 18.6. The minimum Gasteiger partial charge on any atom is -0.476 e. The van der Waals surface area contributed by atoms with E-state index in [4.69, 9.17) is 5.11 Å². The summed E-state index contributed by atoms with van der Waals surface area (Å²) in [6.45, 7) is 0. The Bertz CT molecular complexity index is 466. The van der Waals surface area contributed by atoms with Gasteiger partial charge in [0.05, 0.1) is 12.6 Å². The van der Waals surface area contributed by atoms with Gasteiger partial charge < -0.3 is 5.11 Å². The highest BCUT2D eigenvalue weighted by Crippen LogP contribution is 2.23. The van der Waals surface area contributed by atoms with E-state index in [0.29, 0.717) is 4.47 Å². The molecule has 0 saturated carbocycles. The number of rotatable bonds is 4. The maximum Gasteiger partial charge on any atom is 0.356 e. The van der Waals surface area contributed by atoms with Gasteiger partial charge in [0.15, 0.2) is 9.90 Å². The third-order valence-electron chi connectivity index (χ3n) is 1.57. The van der Waals surface area contributed by atoms with Crippen molar-refractivity contribution in [1.29, 1.82) is 0 Å². The molecular weight excluding hydrogens is 244 g/mol. The molecule has 1 aromatic rings. The number of thiazole rings is 1. The Balaban J connectivity index is 3.28. The van der Waals surface area contributed by atoms with E-state index >= 15 is 0 Å². The second-order valence-electron chi connectivity index (χ2n) is 2.39. The zero-order chi connectivity index (χ0) is 11.6. The van der Waals surface area contributed by atoms with Crippen molar-refractivity contribution in [2.24, 2.45) is 0 Å². The van der Waals surface area contributed by atoms with Gasteiger partial charge in [-0.3, -0.25) is 4.84 Å². The first-order valence-electron chi connectivity index (χ1n) is 3.61. The molecule has 1 heterocycles. The molecule has 0 spiro atoms. The normalized spacial score (nSPS) is 11.9. The van der Waals surface area contributed by atoms with E-state index in [2.05, 4.69) is 9.82 Å². The number of carboxylic acid groups (broad SMARTS) is 1. The Kier molecular flexibility index (Phi) is 3.39. The minimum atomic E-state index is -3.94. The smallest absolute Gasteiger partial charge is 0.356 e. The van der Waals surface area contributed by atoms with Crippen LogP contribution < -0.4 is 0 Å². The van der Waals surface area contributed by atoms with Crippen LogP contribution in [0, 0.1) is 0 Å². The first-order chi connectivity index (χ1) is 6.91. The Morgan fingerprint density at radius 2 is 2.27 bits per heavy atom. The van der Waals surface area contributed by atoms with E-state index in [0.717, 1.165) is 16.8 Å². The highest BCUT2D eigenvalue weighted by Gasteiger charge is 2.29. The van der Waals surface area contributed by atoms with E-state index in [-0.39, 0.29) is 4.21 Å². The molecule has 1 N–H and O–H groups in total. The highest BCUT2D eigenvalue weighted by atomic mass is 32.2. The number of carboxylic acids is 1. The largest absolute Gasteiger partial charge is 0.476 e. The summed E-state index contributed by atoms with van der Waals surface area (Å²) in [6, 6.07) is 0. The Hall–Kier alpha value is -1.03. The molecule has 0 fully saturated rings. The monoisotopic (exact) mass is 252 g/mol. The van der Waals surface area contributed by atoms with Crippen LogP contribution in [0.25, 0.3) is 0 Å². The number of hydroxylamine groups is 1. The average molecular weight is 252 g/mol. The number of carbonyl (C=O) groups is 1. The number of hydrogen-bond acceptors (Lipinski definition) is 6. The molecule has 0 atom stereocenters. The van der Waals surface area contributed by atoms with E-state index in [1.807, 2.05) is 0 Å². The number of hydrogen-bond donors (Lipinski definition) is 1. The second-order valence-corrected chi connectivity index (χ2v) is 5.38. The molecular formula is C6H8N2O5S2. The van der Waals surface area contributed by atoms with Crippen molar-refractivity contribution in [2.45, 2.75) is 4.21 Å². The summed E-state index contributed by atoms with van der Waals surface area (Å²) >= 11 is 0.727. The van der Waals surface area contributed by atoms with Gasteiger partial charge in [-0.1, -0.05) is 4.47 Å². The molecule has 0 radical (unpaired) electrons. The quantitative estimate of drug-likeness (QED) is 0.759.